The minimum Gasteiger partial charge on any atom is -0.360 e. The lowest BCUT2D eigenvalue weighted by molar-refractivity contribution is 0.0949. The van der Waals surface area contributed by atoms with Crippen LogP contribution in [0, 0.1) is 0 Å². The van der Waals surface area contributed by atoms with Gasteiger partial charge in [0.1, 0.15) is 5.56 Å². The summed E-state index contributed by atoms with van der Waals surface area (Å²) in [4.78, 5) is 32.0. The minimum absolute atomic E-state index is 0.0616. The van der Waals surface area contributed by atoms with Crippen LogP contribution in [0.25, 0.3) is 10.9 Å². The SMILES string of the molecule is O=C(NCc1ccc(Cn2ccnc2)cc1)c1c[nH]c2ccc(Cl)cc2c1=O. The van der Waals surface area contributed by atoms with E-state index in [4.69, 9.17) is 11.6 Å². The number of amides is 1. The first kappa shape index (κ1) is 18.0. The summed E-state index contributed by atoms with van der Waals surface area (Å²) in [5, 5.41) is 3.64. The van der Waals surface area contributed by atoms with E-state index in [9.17, 15) is 9.59 Å². The molecular weight excluding hydrogens is 376 g/mol. The molecule has 6 nitrogen and oxygen atoms in total. The number of imidazole rings is 1. The first-order valence-electron chi connectivity index (χ1n) is 8.73. The highest BCUT2D eigenvalue weighted by molar-refractivity contribution is 6.31. The van der Waals surface area contributed by atoms with E-state index in [0.717, 1.165) is 17.7 Å². The van der Waals surface area contributed by atoms with Gasteiger partial charge in [-0.25, -0.2) is 4.98 Å². The zero-order chi connectivity index (χ0) is 19.5. The van der Waals surface area contributed by atoms with Crippen molar-refractivity contribution in [3.05, 3.63) is 99.3 Å². The molecule has 0 fully saturated rings. The highest BCUT2D eigenvalue weighted by atomic mass is 35.5. The zero-order valence-corrected chi connectivity index (χ0v) is 15.6. The summed E-state index contributed by atoms with van der Waals surface area (Å²) in [6.45, 7) is 1.07. The van der Waals surface area contributed by atoms with E-state index in [1.165, 1.54) is 6.20 Å². The van der Waals surface area contributed by atoms with E-state index in [1.807, 2.05) is 35.0 Å². The Kier molecular flexibility index (Phi) is 4.95. The minimum atomic E-state index is -0.425. The predicted molar refractivity (Wildman–Crippen MR) is 109 cm³/mol. The number of rotatable bonds is 5. The molecule has 0 unspecified atom stereocenters. The summed E-state index contributed by atoms with van der Waals surface area (Å²) >= 11 is 5.96. The first-order valence-corrected chi connectivity index (χ1v) is 9.10. The molecule has 0 aliphatic rings. The Morgan fingerprint density at radius 2 is 1.93 bits per heavy atom. The van der Waals surface area contributed by atoms with Crippen molar-refractivity contribution in [1.82, 2.24) is 19.9 Å². The molecule has 2 aromatic carbocycles. The number of H-pyrrole nitrogens is 1. The molecule has 2 heterocycles. The van der Waals surface area contributed by atoms with Gasteiger partial charge < -0.3 is 14.9 Å². The van der Waals surface area contributed by atoms with Crippen molar-refractivity contribution in [2.45, 2.75) is 13.1 Å². The van der Waals surface area contributed by atoms with Crippen molar-refractivity contribution >= 4 is 28.4 Å². The topological polar surface area (TPSA) is 79.8 Å². The standard InChI is InChI=1S/C21H17ClN4O2/c22-16-5-6-19-17(9-16)20(27)18(11-24-19)21(28)25-10-14-1-3-15(4-2-14)12-26-8-7-23-13-26/h1-9,11,13H,10,12H2,(H,24,27)(H,25,28). The van der Waals surface area contributed by atoms with Gasteiger partial charge in [0, 0.05) is 47.6 Å². The molecule has 0 aliphatic carbocycles. The second-order valence-electron chi connectivity index (χ2n) is 6.46. The highest BCUT2D eigenvalue weighted by Gasteiger charge is 2.13. The second kappa shape index (κ2) is 7.70. The number of halogens is 1. The van der Waals surface area contributed by atoms with E-state index in [2.05, 4.69) is 15.3 Å². The van der Waals surface area contributed by atoms with Gasteiger partial charge in [0.05, 0.1) is 6.33 Å². The van der Waals surface area contributed by atoms with Crippen molar-refractivity contribution in [3.8, 4) is 0 Å². The van der Waals surface area contributed by atoms with Gasteiger partial charge >= 0.3 is 0 Å². The van der Waals surface area contributed by atoms with E-state index < -0.39 is 5.91 Å². The summed E-state index contributed by atoms with van der Waals surface area (Å²) in [5.41, 5.74) is 2.44. The molecule has 4 aromatic rings. The lowest BCUT2D eigenvalue weighted by Crippen LogP contribution is -2.28. The van der Waals surface area contributed by atoms with Crippen molar-refractivity contribution in [2.24, 2.45) is 0 Å². The van der Waals surface area contributed by atoms with Gasteiger partial charge in [-0.2, -0.15) is 0 Å². The number of nitrogens with zero attached hydrogens (tertiary/aromatic N) is 2. The molecule has 4 rings (SSSR count). The summed E-state index contributed by atoms with van der Waals surface area (Å²) in [6, 6.07) is 12.9. The van der Waals surface area contributed by atoms with Crippen LogP contribution in [0.3, 0.4) is 0 Å². The number of carbonyl (C=O) groups excluding carboxylic acids is 1. The molecule has 0 saturated carbocycles. The molecule has 1 amide bonds. The molecule has 0 aliphatic heterocycles. The van der Waals surface area contributed by atoms with Crippen LogP contribution in [0.2, 0.25) is 5.02 Å². The van der Waals surface area contributed by atoms with Gasteiger partial charge in [0.15, 0.2) is 0 Å². The Morgan fingerprint density at radius 1 is 1.14 bits per heavy atom. The monoisotopic (exact) mass is 392 g/mol. The van der Waals surface area contributed by atoms with Crippen molar-refractivity contribution < 1.29 is 4.79 Å². The molecular formula is C21H17ClN4O2. The maximum Gasteiger partial charge on any atom is 0.257 e. The molecule has 2 aromatic heterocycles. The van der Waals surface area contributed by atoms with Gasteiger partial charge in [-0.15, -0.1) is 0 Å². The molecule has 0 atom stereocenters. The quantitative estimate of drug-likeness (QED) is 0.546. The lowest BCUT2D eigenvalue weighted by Gasteiger charge is -2.08. The first-order chi connectivity index (χ1) is 13.6. The van der Waals surface area contributed by atoms with Crippen LogP contribution in [0.4, 0.5) is 0 Å². The maximum absolute atomic E-state index is 12.6. The molecule has 0 saturated heterocycles. The third-order valence-corrected chi connectivity index (χ3v) is 4.72. The van der Waals surface area contributed by atoms with Gasteiger partial charge in [0.2, 0.25) is 5.43 Å². The van der Waals surface area contributed by atoms with Crippen molar-refractivity contribution in [3.63, 3.8) is 0 Å². The van der Waals surface area contributed by atoms with E-state index in [-0.39, 0.29) is 11.0 Å². The average Bonchev–Trinajstić information content (AvgIpc) is 3.21. The fraction of sp³-hybridized carbons (Fsp3) is 0.0952. The number of nitrogens with one attached hydrogen (secondary N) is 2. The van der Waals surface area contributed by atoms with Crippen LogP contribution in [-0.2, 0) is 13.1 Å². The normalized spacial score (nSPS) is 10.9. The number of benzene rings is 2. The van der Waals surface area contributed by atoms with Crippen LogP contribution >= 0.6 is 11.6 Å². The number of hydrogen-bond donors (Lipinski definition) is 2. The molecule has 2 N–H and O–H groups in total. The average molecular weight is 393 g/mol. The van der Waals surface area contributed by atoms with Gasteiger partial charge in [-0.3, -0.25) is 9.59 Å². The molecule has 0 radical (unpaired) electrons. The third-order valence-electron chi connectivity index (χ3n) is 4.49. The van der Waals surface area contributed by atoms with E-state index in [1.54, 1.807) is 30.7 Å². The van der Waals surface area contributed by atoms with Crippen LogP contribution in [0.1, 0.15) is 21.5 Å². The van der Waals surface area contributed by atoms with Crippen LogP contribution in [0.5, 0.6) is 0 Å². The Hall–Kier alpha value is -3.38. The summed E-state index contributed by atoms with van der Waals surface area (Å²) in [5.74, 6) is -0.425. The summed E-state index contributed by atoms with van der Waals surface area (Å²) in [7, 11) is 0. The van der Waals surface area contributed by atoms with E-state index >= 15 is 0 Å². The number of aromatic amines is 1. The molecule has 7 heteroatoms. The van der Waals surface area contributed by atoms with Crippen LogP contribution < -0.4 is 10.7 Å². The third kappa shape index (κ3) is 3.82. The number of pyridine rings is 1. The highest BCUT2D eigenvalue weighted by Crippen LogP contribution is 2.15. The smallest absolute Gasteiger partial charge is 0.257 e. The zero-order valence-electron chi connectivity index (χ0n) is 14.9. The van der Waals surface area contributed by atoms with Crippen LogP contribution in [0.15, 0.2) is 72.2 Å². The number of hydrogen-bond acceptors (Lipinski definition) is 3. The number of carbonyl (C=O) groups is 1. The summed E-state index contributed by atoms with van der Waals surface area (Å²) < 4.78 is 1.98. The Labute approximate surface area is 165 Å². The Bertz CT molecular complexity index is 1180. The fourth-order valence-electron chi connectivity index (χ4n) is 2.99. The summed E-state index contributed by atoms with van der Waals surface area (Å²) in [6.07, 6.45) is 6.85. The van der Waals surface area contributed by atoms with Crippen molar-refractivity contribution in [1.29, 1.82) is 0 Å². The Balaban J connectivity index is 1.45. The second-order valence-corrected chi connectivity index (χ2v) is 6.89. The Morgan fingerprint density at radius 3 is 2.68 bits per heavy atom. The largest absolute Gasteiger partial charge is 0.360 e. The van der Waals surface area contributed by atoms with Gasteiger partial charge in [0.25, 0.3) is 5.91 Å². The molecule has 0 spiro atoms. The lowest BCUT2D eigenvalue weighted by atomic mass is 10.1. The fourth-order valence-corrected chi connectivity index (χ4v) is 3.16. The molecule has 140 valence electrons. The number of fused-ring (bicyclic) bond motifs is 1. The predicted octanol–water partition coefficient (Wildman–Crippen LogP) is 3.36. The van der Waals surface area contributed by atoms with Crippen LogP contribution in [-0.4, -0.2) is 20.4 Å². The van der Waals surface area contributed by atoms with Crippen molar-refractivity contribution in [2.75, 3.05) is 0 Å². The number of aromatic nitrogens is 3. The van der Waals surface area contributed by atoms with E-state index in [0.29, 0.717) is 22.5 Å². The molecule has 28 heavy (non-hydrogen) atoms. The van der Waals surface area contributed by atoms with Gasteiger partial charge in [-0.05, 0) is 29.3 Å². The van der Waals surface area contributed by atoms with Gasteiger partial charge in [-0.1, -0.05) is 35.9 Å². The molecule has 0 bridgehead atoms. The maximum atomic E-state index is 12.6.